The maximum Gasteiger partial charge on any atom is 0.356 e. The normalized spacial score (nSPS) is 9.71. The summed E-state index contributed by atoms with van der Waals surface area (Å²) >= 11 is 1.80. The van der Waals surface area contributed by atoms with Crippen molar-refractivity contribution < 1.29 is 9.53 Å². The molecule has 0 fully saturated rings. The highest BCUT2D eigenvalue weighted by Crippen LogP contribution is 2.09. The minimum Gasteiger partial charge on any atom is -0.464 e. The molecule has 1 aromatic rings. The van der Waals surface area contributed by atoms with Crippen LogP contribution < -0.4 is 5.32 Å². The molecule has 0 atom stereocenters. The van der Waals surface area contributed by atoms with Crippen molar-refractivity contribution in [2.45, 2.75) is 0 Å². The summed E-state index contributed by atoms with van der Waals surface area (Å²) in [5.41, 5.74) is 1.19. The third-order valence-electron chi connectivity index (χ3n) is 1.97. The largest absolute Gasteiger partial charge is 0.464 e. The van der Waals surface area contributed by atoms with Crippen molar-refractivity contribution in [3.8, 4) is 0 Å². The van der Waals surface area contributed by atoms with Crippen molar-refractivity contribution in [1.82, 2.24) is 4.98 Å². The average molecular weight is 252 g/mol. The minimum atomic E-state index is -0.422. The molecule has 0 aliphatic rings. The molecule has 0 saturated carbocycles. The van der Waals surface area contributed by atoms with Gasteiger partial charge in [0, 0.05) is 29.9 Å². The molecule has 1 rings (SSSR count). The standard InChI is InChI=1S/C12H16N2O2S/c1-3-7-17-8-6-13-10-4-5-14-11(9-10)12(15)16-2/h3-5,9H,1,6-8H2,2H3,(H,13,14). The van der Waals surface area contributed by atoms with Crippen LogP contribution in [0, 0.1) is 0 Å². The molecule has 0 aliphatic heterocycles. The lowest BCUT2D eigenvalue weighted by molar-refractivity contribution is 0.0594. The zero-order chi connectivity index (χ0) is 12.5. The van der Waals surface area contributed by atoms with E-state index in [-0.39, 0.29) is 0 Å². The van der Waals surface area contributed by atoms with Crippen molar-refractivity contribution in [3.05, 3.63) is 36.7 Å². The van der Waals surface area contributed by atoms with Crippen LogP contribution in [0.25, 0.3) is 0 Å². The molecule has 92 valence electrons. The molecule has 4 nitrogen and oxygen atoms in total. The number of nitrogens with zero attached hydrogens (tertiary/aromatic N) is 1. The van der Waals surface area contributed by atoms with Crippen molar-refractivity contribution in [1.29, 1.82) is 0 Å². The Hall–Kier alpha value is -1.49. The van der Waals surface area contributed by atoms with E-state index in [0.29, 0.717) is 5.69 Å². The summed E-state index contributed by atoms with van der Waals surface area (Å²) in [5, 5.41) is 3.22. The lowest BCUT2D eigenvalue weighted by Crippen LogP contribution is -2.08. The summed E-state index contributed by atoms with van der Waals surface area (Å²) in [7, 11) is 1.34. The Bertz CT molecular complexity index is 383. The van der Waals surface area contributed by atoms with E-state index in [4.69, 9.17) is 0 Å². The van der Waals surface area contributed by atoms with E-state index in [1.807, 2.05) is 12.1 Å². The van der Waals surface area contributed by atoms with E-state index in [1.165, 1.54) is 7.11 Å². The van der Waals surface area contributed by atoms with Gasteiger partial charge in [0.05, 0.1) is 7.11 Å². The molecule has 1 heterocycles. The number of carbonyl (C=O) groups excluding carboxylic acids is 1. The van der Waals surface area contributed by atoms with Gasteiger partial charge in [0.2, 0.25) is 0 Å². The third kappa shape index (κ3) is 4.91. The molecule has 0 aliphatic carbocycles. The molecule has 0 unspecified atom stereocenters. The first-order valence-electron chi connectivity index (χ1n) is 5.25. The van der Waals surface area contributed by atoms with Crippen LogP contribution in [0.2, 0.25) is 0 Å². The zero-order valence-electron chi connectivity index (χ0n) is 9.81. The molecule has 0 amide bonds. The number of pyridine rings is 1. The number of aromatic nitrogens is 1. The number of thioether (sulfide) groups is 1. The van der Waals surface area contributed by atoms with Gasteiger partial charge in [0.25, 0.3) is 0 Å². The van der Waals surface area contributed by atoms with Gasteiger partial charge in [-0.15, -0.1) is 6.58 Å². The second-order valence-electron chi connectivity index (χ2n) is 3.21. The Morgan fingerprint density at radius 3 is 3.24 bits per heavy atom. The van der Waals surface area contributed by atoms with Crippen LogP contribution in [0.5, 0.6) is 0 Å². The van der Waals surface area contributed by atoms with Gasteiger partial charge in [-0.2, -0.15) is 11.8 Å². The lowest BCUT2D eigenvalue weighted by atomic mass is 10.3. The smallest absolute Gasteiger partial charge is 0.356 e. The molecular weight excluding hydrogens is 236 g/mol. The predicted molar refractivity (Wildman–Crippen MR) is 71.6 cm³/mol. The SMILES string of the molecule is C=CCSCCNc1ccnc(C(=O)OC)c1. The summed E-state index contributed by atoms with van der Waals surface area (Å²) in [5.74, 6) is 1.52. The van der Waals surface area contributed by atoms with Crippen LogP contribution in [0.3, 0.4) is 0 Å². The number of esters is 1. The fourth-order valence-corrected chi connectivity index (χ4v) is 1.77. The Balaban J connectivity index is 2.43. The molecule has 0 aromatic carbocycles. The Morgan fingerprint density at radius 1 is 1.71 bits per heavy atom. The Morgan fingerprint density at radius 2 is 2.53 bits per heavy atom. The zero-order valence-corrected chi connectivity index (χ0v) is 10.6. The van der Waals surface area contributed by atoms with Gasteiger partial charge in [0.1, 0.15) is 5.69 Å². The summed E-state index contributed by atoms with van der Waals surface area (Å²) in [6.45, 7) is 4.49. The van der Waals surface area contributed by atoms with Gasteiger partial charge in [-0.25, -0.2) is 9.78 Å². The van der Waals surface area contributed by atoms with Crippen LogP contribution in [0.4, 0.5) is 5.69 Å². The predicted octanol–water partition coefficient (Wildman–Crippen LogP) is 2.20. The summed E-state index contributed by atoms with van der Waals surface area (Å²) in [6, 6.07) is 3.51. The monoisotopic (exact) mass is 252 g/mol. The Kier molecular flexibility index (Phi) is 6.17. The molecular formula is C12H16N2O2S. The first kappa shape index (κ1) is 13.6. The summed E-state index contributed by atoms with van der Waals surface area (Å²) < 4.78 is 4.60. The number of hydrogen-bond acceptors (Lipinski definition) is 5. The highest BCUT2D eigenvalue weighted by Gasteiger charge is 2.06. The quantitative estimate of drug-likeness (QED) is 0.458. The van der Waals surface area contributed by atoms with Crippen molar-refractivity contribution in [2.24, 2.45) is 0 Å². The fraction of sp³-hybridized carbons (Fsp3) is 0.333. The molecule has 17 heavy (non-hydrogen) atoms. The topological polar surface area (TPSA) is 51.2 Å². The number of anilines is 1. The summed E-state index contributed by atoms with van der Waals surface area (Å²) in [6.07, 6.45) is 3.47. The second kappa shape index (κ2) is 7.73. The maximum atomic E-state index is 11.3. The fourth-order valence-electron chi connectivity index (χ4n) is 1.19. The first-order chi connectivity index (χ1) is 8.27. The molecule has 0 saturated heterocycles. The van der Waals surface area contributed by atoms with Crippen LogP contribution >= 0.6 is 11.8 Å². The maximum absolute atomic E-state index is 11.3. The van der Waals surface area contributed by atoms with Gasteiger partial charge in [-0.3, -0.25) is 0 Å². The number of rotatable bonds is 7. The van der Waals surface area contributed by atoms with Gasteiger partial charge in [-0.1, -0.05) is 6.08 Å². The first-order valence-corrected chi connectivity index (χ1v) is 6.40. The van der Waals surface area contributed by atoms with E-state index < -0.39 is 5.97 Å². The molecule has 5 heteroatoms. The highest BCUT2D eigenvalue weighted by atomic mass is 32.2. The number of hydrogen-bond donors (Lipinski definition) is 1. The van der Waals surface area contributed by atoms with Gasteiger partial charge in [-0.05, 0) is 12.1 Å². The van der Waals surface area contributed by atoms with Gasteiger partial charge < -0.3 is 10.1 Å². The van der Waals surface area contributed by atoms with Crippen molar-refractivity contribution in [2.75, 3.05) is 30.5 Å². The number of carbonyl (C=O) groups is 1. The van der Waals surface area contributed by atoms with Gasteiger partial charge >= 0.3 is 5.97 Å². The molecule has 1 N–H and O–H groups in total. The van der Waals surface area contributed by atoms with E-state index in [2.05, 4.69) is 21.6 Å². The molecule has 1 aromatic heterocycles. The van der Waals surface area contributed by atoms with Crippen LogP contribution in [-0.4, -0.2) is 36.1 Å². The third-order valence-corrected chi connectivity index (χ3v) is 2.93. The van der Waals surface area contributed by atoms with E-state index in [0.717, 1.165) is 23.7 Å². The number of ether oxygens (including phenoxy) is 1. The van der Waals surface area contributed by atoms with Gasteiger partial charge in [0.15, 0.2) is 0 Å². The summed E-state index contributed by atoms with van der Waals surface area (Å²) in [4.78, 5) is 15.2. The van der Waals surface area contributed by atoms with Crippen LogP contribution in [0.15, 0.2) is 31.0 Å². The molecule has 0 spiro atoms. The number of methoxy groups -OCH3 is 1. The van der Waals surface area contributed by atoms with Crippen molar-refractivity contribution >= 4 is 23.4 Å². The van der Waals surface area contributed by atoms with Crippen molar-refractivity contribution in [3.63, 3.8) is 0 Å². The lowest BCUT2D eigenvalue weighted by Gasteiger charge is -2.06. The van der Waals surface area contributed by atoms with E-state index >= 15 is 0 Å². The van der Waals surface area contributed by atoms with Crippen LogP contribution in [0.1, 0.15) is 10.5 Å². The second-order valence-corrected chi connectivity index (χ2v) is 4.36. The average Bonchev–Trinajstić information content (AvgIpc) is 2.38. The highest BCUT2D eigenvalue weighted by molar-refractivity contribution is 7.99. The van der Waals surface area contributed by atoms with E-state index in [9.17, 15) is 4.79 Å². The number of nitrogens with one attached hydrogen (secondary N) is 1. The molecule has 0 radical (unpaired) electrons. The Labute approximate surface area is 105 Å². The van der Waals surface area contributed by atoms with Crippen LogP contribution in [-0.2, 0) is 4.74 Å². The molecule has 0 bridgehead atoms. The minimum absolute atomic E-state index is 0.316. The van der Waals surface area contributed by atoms with E-state index in [1.54, 1.807) is 24.0 Å².